The molecule has 3 aromatic rings. The molecule has 0 heterocycles. The number of hydrogen-bond acceptors (Lipinski definition) is 0. The lowest BCUT2D eigenvalue weighted by Crippen LogP contribution is -2.26. The Kier molecular flexibility index (Phi) is 3.70. The van der Waals surface area contributed by atoms with Crippen LogP contribution >= 0.6 is 0 Å². The van der Waals surface area contributed by atoms with Crippen molar-refractivity contribution in [2.45, 2.75) is 6.92 Å². The average Bonchev–Trinajstić information content (AvgIpc) is 2.56. The van der Waals surface area contributed by atoms with Crippen molar-refractivity contribution in [1.82, 2.24) is 0 Å². The number of benzene rings is 3. The van der Waals surface area contributed by atoms with Crippen LogP contribution in [0.15, 0.2) is 79.4 Å². The molecule has 0 aliphatic heterocycles. The number of rotatable bonds is 2. The van der Waals surface area contributed by atoms with Crippen LogP contribution in [0.1, 0.15) is 12.5 Å². The Morgan fingerprint density at radius 1 is 0.857 bits per heavy atom. The Labute approximate surface area is 125 Å². The molecule has 0 atom stereocenters. The van der Waals surface area contributed by atoms with Crippen molar-refractivity contribution in [3.8, 4) is 0 Å². The number of fused-ring (bicyclic) bond motifs is 1. The highest BCUT2D eigenvalue weighted by molar-refractivity contribution is 5.95. The standard InChI is InChI=1S/C21H18/c1-3-16-10-5-7-13-19(16)18(4-2)21-15-9-12-17-11-6-8-14-20(17)21/h3-15H,2H2,1H3/b16-3-,19-18+. The molecule has 0 heteroatoms. The molecule has 0 amide bonds. The normalized spacial score (nSPS) is 13.3. The molecule has 102 valence electrons. The van der Waals surface area contributed by atoms with Crippen molar-refractivity contribution in [2.24, 2.45) is 0 Å². The van der Waals surface area contributed by atoms with Gasteiger partial charge in [-0.2, -0.15) is 0 Å². The zero-order valence-electron chi connectivity index (χ0n) is 12.2. The summed E-state index contributed by atoms with van der Waals surface area (Å²) < 4.78 is 0. The monoisotopic (exact) mass is 270 g/mol. The summed E-state index contributed by atoms with van der Waals surface area (Å²) in [5, 5.41) is 4.99. The summed E-state index contributed by atoms with van der Waals surface area (Å²) in [6, 6.07) is 23.4. The highest BCUT2D eigenvalue weighted by Gasteiger charge is 2.04. The first-order chi connectivity index (χ1) is 10.3. The second-order valence-electron chi connectivity index (χ2n) is 5.02. The molecule has 0 N–H and O–H groups in total. The van der Waals surface area contributed by atoms with Gasteiger partial charge >= 0.3 is 0 Å². The molecule has 0 fully saturated rings. The third-order valence-corrected chi connectivity index (χ3v) is 3.85. The van der Waals surface area contributed by atoms with Crippen LogP contribution in [0.2, 0.25) is 0 Å². The van der Waals surface area contributed by atoms with Crippen LogP contribution in [0.5, 0.6) is 0 Å². The molecule has 3 rings (SSSR count). The van der Waals surface area contributed by atoms with E-state index < -0.39 is 0 Å². The maximum Gasteiger partial charge on any atom is -0.00994 e. The van der Waals surface area contributed by atoms with E-state index in [2.05, 4.69) is 86.3 Å². The summed E-state index contributed by atoms with van der Waals surface area (Å²) >= 11 is 0. The summed E-state index contributed by atoms with van der Waals surface area (Å²) in [5.41, 5.74) is 2.41. The van der Waals surface area contributed by atoms with E-state index in [1.54, 1.807) is 0 Å². The zero-order chi connectivity index (χ0) is 14.7. The maximum absolute atomic E-state index is 4.05. The van der Waals surface area contributed by atoms with Gasteiger partial charge in [0.15, 0.2) is 0 Å². The van der Waals surface area contributed by atoms with Crippen LogP contribution < -0.4 is 10.4 Å². The molecule has 0 radical (unpaired) electrons. The van der Waals surface area contributed by atoms with Crippen LogP contribution in [0, 0.1) is 0 Å². The summed E-state index contributed by atoms with van der Waals surface area (Å²) in [5.74, 6) is 0. The highest BCUT2D eigenvalue weighted by atomic mass is 14.1. The summed E-state index contributed by atoms with van der Waals surface area (Å²) in [4.78, 5) is 0. The van der Waals surface area contributed by atoms with E-state index in [0.29, 0.717) is 0 Å². The minimum Gasteiger partial charge on any atom is -0.0984 e. The van der Waals surface area contributed by atoms with Gasteiger partial charge in [-0.05, 0) is 39.3 Å². The fourth-order valence-corrected chi connectivity index (χ4v) is 2.82. The molecular formula is C21H18. The second kappa shape index (κ2) is 5.80. The van der Waals surface area contributed by atoms with E-state index in [-0.39, 0.29) is 0 Å². The van der Waals surface area contributed by atoms with Gasteiger partial charge in [-0.25, -0.2) is 0 Å². The Bertz CT molecular complexity index is 909. The molecule has 0 aromatic heterocycles. The number of allylic oxidation sites excluding steroid dienone is 1. The van der Waals surface area contributed by atoms with Gasteiger partial charge in [-0.3, -0.25) is 0 Å². The molecule has 0 bridgehead atoms. The van der Waals surface area contributed by atoms with E-state index in [1.165, 1.54) is 32.3 Å². The fourth-order valence-electron chi connectivity index (χ4n) is 2.82. The van der Waals surface area contributed by atoms with Crippen molar-refractivity contribution < 1.29 is 0 Å². The van der Waals surface area contributed by atoms with Crippen LogP contribution in [-0.2, 0) is 0 Å². The third-order valence-electron chi connectivity index (χ3n) is 3.85. The lowest BCUT2D eigenvalue weighted by atomic mass is 9.96. The molecular weight excluding hydrogens is 252 g/mol. The summed E-state index contributed by atoms with van der Waals surface area (Å²) in [6.07, 6.45) is 4.11. The van der Waals surface area contributed by atoms with Crippen molar-refractivity contribution in [2.75, 3.05) is 0 Å². The zero-order valence-corrected chi connectivity index (χ0v) is 12.2. The molecule has 0 unspecified atom stereocenters. The predicted molar refractivity (Wildman–Crippen MR) is 92.5 cm³/mol. The molecule has 0 saturated carbocycles. The van der Waals surface area contributed by atoms with Gasteiger partial charge in [0.05, 0.1) is 0 Å². The van der Waals surface area contributed by atoms with Gasteiger partial charge in [0, 0.05) is 0 Å². The minimum absolute atomic E-state index is 1.18. The van der Waals surface area contributed by atoms with Gasteiger partial charge in [0.1, 0.15) is 0 Å². The Morgan fingerprint density at radius 2 is 1.57 bits per heavy atom. The quantitative estimate of drug-likeness (QED) is 0.659. The fraction of sp³-hybridized carbons (Fsp3) is 0.0476. The van der Waals surface area contributed by atoms with Gasteiger partial charge in [0.2, 0.25) is 0 Å². The predicted octanol–water partition coefficient (Wildman–Crippen LogP) is 4.03. The lowest BCUT2D eigenvalue weighted by molar-refractivity contribution is 1.48. The molecule has 0 aliphatic carbocycles. The van der Waals surface area contributed by atoms with E-state index in [9.17, 15) is 0 Å². The first kappa shape index (κ1) is 13.4. The molecule has 0 nitrogen and oxygen atoms in total. The summed E-state index contributed by atoms with van der Waals surface area (Å²) in [6.45, 7) is 6.12. The lowest BCUT2D eigenvalue weighted by Gasteiger charge is -2.08. The van der Waals surface area contributed by atoms with Crippen molar-refractivity contribution in [3.05, 3.63) is 95.4 Å². The van der Waals surface area contributed by atoms with Gasteiger partial charge < -0.3 is 0 Å². The Hall–Kier alpha value is -2.60. The van der Waals surface area contributed by atoms with Crippen molar-refractivity contribution in [1.29, 1.82) is 0 Å². The van der Waals surface area contributed by atoms with E-state index in [1.807, 2.05) is 6.08 Å². The first-order valence-electron chi connectivity index (χ1n) is 7.21. The van der Waals surface area contributed by atoms with Gasteiger partial charge in [-0.15, -0.1) is 0 Å². The van der Waals surface area contributed by atoms with Crippen LogP contribution in [0.25, 0.3) is 22.4 Å². The van der Waals surface area contributed by atoms with E-state index in [4.69, 9.17) is 0 Å². The van der Waals surface area contributed by atoms with Crippen LogP contribution in [-0.4, -0.2) is 0 Å². The van der Waals surface area contributed by atoms with E-state index in [0.717, 1.165) is 0 Å². The molecule has 0 spiro atoms. The topological polar surface area (TPSA) is 0 Å². The highest BCUT2D eigenvalue weighted by Crippen LogP contribution is 2.23. The van der Waals surface area contributed by atoms with Crippen LogP contribution in [0.4, 0.5) is 0 Å². The van der Waals surface area contributed by atoms with Crippen molar-refractivity contribution in [3.63, 3.8) is 0 Å². The smallest absolute Gasteiger partial charge is 0.00994 e. The van der Waals surface area contributed by atoms with E-state index >= 15 is 0 Å². The average molecular weight is 270 g/mol. The maximum atomic E-state index is 4.05. The molecule has 0 aliphatic rings. The minimum atomic E-state index is 1.18. The summed E-state index contributed by atoms with van der Waals surface area (Å²) in [7, 11) is 0. The largest absolute Gasteiger partial charge is 0.0984 e. The van der Waals surface area contributed by atoms with Gasteiger partial charge in [0.25, 0.3) is 0 Å². The SMILES string of the molecule is C=C/C(c1cccc2ccccc12)=c1/cccc/c1=C/C. The molecule has 21 heavy (non-hydrogen) atoms. The van der Waals surface area contributed by atoms with Gasteiger partial charge in [-0.1, -0.05) is 85.5 Å². The Morgan fingerprint density at radius 3 is 2.38 bits per heavy atom. The molecule has 0 saturated heterocycles. The van der Waals surface area contributed by atoms with Crippen molar-refractivity contribution >= 4 is 22.4 Å². The number of hydrogen-bond donors (Lipinski definition) is 0. The first-order valence-corrected chi connectivity index (χ1v) is 7.21. The third kappa shape index (κ3) is 2.41. The second-order valence-corrected chi connectivity index (χ2v) is 5.02. The van der Waals surface area contributed by atoms with Crippen LogP contribution in [0.3, 0.4) is 0 Å². The molecule has 3 aromatic carbocycles. The Balaban J connectivity index is 2.48.